The minimum atomic E-state index is -0.775. The summed E-state index contributed by atoms with van der Waals surface area (Å²) >= 11 is 0. The van der Waals surface area contributed by atoms with Crippen molar-refractivity contribution >= 4 is 12.0 Å². The molecular weight excluding hydrogens is 268 g/mol. The summed E-state index contributed by atoms with van der Waals surface area (Å²) < 4.78 is 0. The van der Waals surface area contributed by atoms with Gasteiger partial charge in [0, 0.05) is 19.6 Å². The molecule has 1 aliphatic rings. The lowest BCUT2D eigenvalue weighted by molar-refractivity contribution is -0.150. The Hall–Kier alpha value is -2.04. The van der Waals surface area contributed by atoms with Gasteiger partial charge in [0.2, 0.25) is 0 Å². The monoisotopic (exact) mass is 290 g/mol. The van der Waals surface area contributed by atoms with Gasteiger partial charge in [0.15, 0.2) is 0 Å². The highest BCUT2D eigenvalue weighted by atomic mass is 16.4. The molecule has 1 fully saturated rings. The number of carbonyl (C=O) groups is 2. The third-order valence-corrected chi connectivity index (χ3v) is 4.36. The Morgan fingerprint density at radius 1 is 1.29 bits per heavy atom. The van der Waals surface area contributed by atoms with Crippen molar-refractivity contribution in [2.75, 3.05) is 13.1 Å². The van der Waals surface area contributed by atoms with E-state index in [1.807, 2.05) is 31.2 Å². The van der Waals surface area contributed by atoms with E-state index in [-0.39, 0.29) is 6.03 Å². The molecule has 114 valence electrons. The number of carboxylic acids is 1. The van der Waals surface area contributed by atoms with Crippen LogP contribution in [0.3, 0.4) is 0 Å². The predicted molar refractivity (Wildman–Crippen MR) is 80.0 cm³/mol. The number of carbonyl (C=O) groups excluding carboxylic acids is 1. The molecule has 1 heterocycles. The Bertz CT molecular complexity index is 534. The Morgan fingerprint density at radius 2 is 1.90 bits per heavy atom. The number of aryl methyl sites for hydroxylation is 1. The molecule has 0 aromatic heterocycles. The first kappa shape index (κ1) is 15.4. The number of hydrogen-bond donors (Lipinski definition) is 2. The van der Waals surface area contributed by atoms with E-state index in [9.17, 15) is 14.7 Å². The van der Waals surface area contributed by atoms with Crippen molar-refractivity contribution in [2.24, 2.45) is 5.41 Å². The number of rotatable bonds is 3. The summed E-state index contributed by atoms with van der Waals surface area (Å²) in [5.74, 6) is -0.775. The molecule has 2 amide bonds. The number of benzene rings is 1. The molecule has 1 aromatic rings. The topological polar surface area (TPSA) is 69.6 Å². The highest BCUT2D eigenvalue weighted by molar-refractivity contribution is 5.77. The molecule has 0 bridgehead atoms. The molecule has 0 saturated carbocycles. The predicted octanol–water partition coefficient (Wildman–Crippen LogP) is 2.39. The molecule has 2 rings (SSSR count). The lowest BCUT2D eigenvalue weighted by Gasteiger charge is -2.36. The summed E-state index contributed by atoms with van der Waals surface area (Å²) in [5.41, 5.74) is 1.54. The summed E-state index contributed by atoms with van der Waals surface area (Å²) in [6, 6.07) is 7.81. The van der Waals surface area contributed by atoms with Crippen molar-refractivity contribution in [2.45, 2.75) is 33.2 Å². The van der Waals surface area contributed by atoms with E-state index in [0.29, 0.717) is 32.5 Å². The van der Waals surface area contributed by atoms with E-state index < -0.39 is 11.4 Å². The highest BCUT2D eigenvalue weighted by Crippen LogP contribution is 2.30. The number of likely N-dealkylation sites (tertiary alicyclic amines) is 1. The summed E-state index contributed by atoms with van der Waals surface area (Å²) in [5, 5.41) is 12.1. The van der Waals surface area contributed by atoms with Crippen LogP contribution < -0.4 is 5.32 Å². The normalized spacial score (nSPS) is 17.3. The van der Waals surface area contributed by atoms with Crippen LogP contribution in [0.4, 0.5) is 4.79 Å². The number of nitrogens with one attached hydrogen (secondary N) is 1. The number of amides is 2. The van der Waals surface area contributed by atoms with Crippen molar-refractivity contribution in [1.29, 1.82) is 0 Å². The maximum Gasteiger partial charge on any atom is 0.317 e. The van der Waals surface area contributed by atoms with E-state index in [0.717, 1.165) is 11.1 Å². The van der Waals surface area contributed by atoms with Crippen LogP contribution in [0, 0.1) is 12.3 Å². The molecule has 1 saturated heterocycles. The smallest absolute Gasteiger partial charge is 0.317 e. The van der Waals surface area contributed by atoms with E-state index in [4.69, 9.17) is 0 Å². The van der Waals surface area contributed by atoms with Gasteiger partial charge < -0.3 is 15.3 Å². The van der Waals surface area contributed by atoms with Gasteiger partial charge in [-0.25, -0.2) is 4.79 Å². The second kappa shape index (κ2) is 6.16. The molecule has 0 spiro atoms. The van der Waals surface area contributed by atoms with E-state index >= 15 is 0 Å². The third kappa shape index (κ3) is 3.54. The number of piperidine rings is 1. The average molecular weight is 290 g/mol. The molecular formula is C16H22N2O3. The summed E-state index contributed by atoms with van der Waals surface area (Å²) in [6.45, 7) is 5.24. The second-order valence-electron chi connectivity index (χ2n) is 5.94. The third-order valence-electron chi connectivity index (χ3n) is 4.36. The number of carboxylic acid groups (broad SMARTS) is 1. The molecule has 5 heteroatoms. The van der Waals surface area contributed by atoms with Crippen LogP contribution in [-0.2, 0) is 11.3 Å². The number of hydrogen-bond acceptors (Lipinski definition) is 2. The first-order valence-corrected chi connectivity index (χ1v) is 7.23. The molecule has 0 radical (unpaired) electrons. The molecule has 2 N–H and O–H groups in total. The van der Waals surface area contributed by atoms with Gasteiger partial charge >= 0.3 is 12.0 Å². The van der Waals surface area contributed by atoms with Crippen LogP contribution in [0.5, 0.6) is 0 Å². The van der Waals surface area contributed by atoms with Crippen LogP contribution in [0.25, 0.3) is 0 Å². The summed E-state index contributed by atoms with van der Waals surface area (Å²) in [6.07, 6.45) is 1.00. The van der Waals surface area contributed by atoms with Crippen LogP contribution in [0.2, 0.25) is 0 Å². The fourth-order valence-electron chi connectivity index (χ4n) is 2.51. The van der Waals surface area contributed by atoms with E-state index in [2.05, 4.69) is 5.32 Å². The maximum absolute atomic E-state index is 12.1. The molecule has 0 unspecified atom stereocenters. The van der Waals surface area contributed by atoms with Gasteiger partial charge in [-0.05, 0) is 37.8 Å². The zero-order valence-electron chi connectivity index (χ0n) is 12.6. The van der Waals surface area contributed by atoms with Crippen LogP contribution in [0.15, 0.2) is 24.3 Å². The van der Waals surface area contributed by atoms with Gasteiger partial charge in [-0.3, -0.25) is 4.79 Å². The van der Waals surface area contributed by atoms with E-state index in [1.165, 1.54) is 0 Å². The van der Waals surface area contributed by atoms with Crippen molar-refractivity contribution < 1.29 is 14.7 Å². The molecule has 21 heavy (non-hydrogen) atoms. The SMILES string of the molecule is Cc1ccccc1CNC(=O)N1CCC(C)(C(=O)O)CC1. The van der Waals surface area contributed by atoms with Gasteiger partial charge in [0.25, 0.3) is 0 Å². The molecule has 0 aliphatic carbocycles. The van der Waals surface area contributed by atoms with Crippen molar-refractivity contribution in [3.05, 3.63) is 35.4 Å². The zero-order chi connectivity index (χ0) is 15.5. The Kier molecular flexibility index (Phi) is 4.50. The lowest BCUT2D eigenvalue weighted by atomic mass is 9.80. The number of aliphatic carboxylic acids is 1. The van der Waals surface area contributed by atoms with Gasteiger partial charge in [0.1, 0.15) is 0 Å². The lowest BCUT2D eigenvalue weighted by Crippen LogP contribution is -2.48. The minimum Gasteiger partial charge on any atom is -0.481 e. The molecule has 0 atom stereocenters. The van der Waals surface area contributed by atoms with Gasteiger partial charge in [-0.2, -0.15) is 0 Å². The first-order chi connectivity index (χ1) is 9.92. The summed E-state index contributed by atoms with van der Waals surface area (Å²) in [4.78, 5) is 25.0. The molecule has 5 nitrogen and oxygen atoms in total. The second-order valence-corrected chi connectivity index (χ2v) is 5.94. The minimum absolute atomic E-state index is 0.120. The van der Waals surface area contributed by atoms with Gasteiger partial charge in [0.05, 0.1) is 5.41 Å². The largest absolute Gasteiger partial charge is 0.481 e. The molecule has 1 aromatic carbocycles. The van der Waals surface area contributed by atoms with Crippen LogP contribution >= 0.6 is 0 Å². The van der Waals surface area contributed by atoms with Crippen LogP contribution in [0.1, 0.15) is 30.9 Å². The summed E-state index contributed by atoms with van der Waals surface area (Å²) in [7, 11) is 0. The van der Waals surface area contributed by atoms with Crippen molar-refractivity contribution in [3.8, 4) is 0 Å². The number of nitrogens with zero attached hydrogens (tertiary/aromatic N) is 1. The molecule has 1 aliphatic heterocycles. The Labute approximate surface area is 125 Å². The van der Waals surface area contributed by atoms with Gasteiger partial charge in [-0.1, -0.05) is 24.3 Å². The van der Waals surface area contributed by atoms with Crippen LogP contribution in [-0.4, -0.2) is 35.1 Å². The Balaban J connectivity index is 1.86. The fourth-order valence-corrected chi connectivity index (χ4v) is 2.51. The van der Waals surface area contributed by atoms with Gasteiger partial charge in [-0.15, -0.1) is 0 Å². The standard InChI is InChI=1S/C16H22N2O3/c1-12-5-3-4-6-13(12)11-17-15(21)18-9-7-16(2,8-10-18)14(19)20/h3-6H,7-11H2,1-2H3,(H,17,21)(H,19,20). The van der Waals surface area contributed by atoms with E-state index in [1.54, 1.807) is 11.8 Å². The highest BCUT2D eigenvalue weighted by Gasteiger charge is 2.37. The van der Waals surface area contributed by atoms with Crippen molar-refractivity contribution in [1.82, 2.24) is 10.2 Å². The quantitative estimate of drug-likeness (QED) is 0.898. The maximum atomic E-state index is 12.1. The Morgan fingerprint density at radius 3 is 2.48 bits per heavy atom. The number of urea groups is 1. The first-order valence-electron chi connectivity index (χ1n) is 7.23. The van der Waals surface area contributed by atoms with Crippen molar-refractivity contribution in [3.63, 3.8) is 0 Å². The fraction of sp³-hybridized carbons (Fsp3) is 0.500. The zero-order valence-corrected chi connectivity index (χ0v) is 12.6. The average Bonchev–Trinajstić information content (AvgIpc) is 2.46.